The largest absolute Gasteiger partial charge is 0.481 e. The Kier molecular flexibility index (Phi) is 5.93. The molecule has 1 heterocycles. The molecule has 0 radical (unpaired) electrons. The molecular weight excluding hydrogens is 356 g/mol. The standard InChI is InChI=1S/C14H17BrN2O3S/c15-11-3-1-10(2-4-11)8-16-14(20)17-5-6-21-9-12(17)7-13(18)19/h1-4,12H,5-9H2,(H,16,20)(H,18,19). The van der Waals surface area contributed by atoms with Crippen molar-refractivity contribution in [3.63, 3.8) is 0 Å². The van der Waals surface area contributed by atoms with E-state index in [1.165, 1.54) is 0 Å². The van der Waals surface area contributed by atoms with Gasteiger partial charge in [0.15, 0.2) is 0 Å². The molecule has 1 unspecified atom stereocenters. The number of carboxylic acid groups (broad SMARTS) is 1. The first-order valence-corrected chi connectivity index (χ1v) is 8.59. The van der Waals surface area contributed by atoms with Crippen molar-refractivity contribution in [1.29, 1.82) is 0 Å². The first kappa shape index (κ1) is 16.2. The fraction of sp³-hybridized carbons (Fsp3) is 0.429. The summed E-state index contributed by atoms with van der Waals surface area (Å²) in [7, 11) is 0. The van der Waals surface area contributed by atoms with Crippen molar-refractivity contribution >= 4 is 39.7 Å². The third kappa shape index (κ3) is 4.93. The van der Waals surface area contributed by atoms with E-state index in [4.69, 9.17) is 5.11 Å². The molecule has 5 nitrogen and oxygen atoms in total. The van der Waals surface area contributed by atoms with Crippen LogP contribution in [0.5, 0.6) is 0 Å². The van der Waals surface area contributed by atoms with Crippen molar-refractivity contribution in [2.75, 3.05) is 18.1 Å². The molecule has 0 spiro atoms. The van der Waals surface area contributed by atoms with Gasteiger partial charge in [0.25, 0.3) is 0 Å². The van der Waals surface area contributed by atoms with Crippen LogP contribution in [0.4, 0.5) is 4.79 Å². The van der Waals surface area contributed by atoms with E-state index in [1.807, 2.05) is 24.3 Å². The van der Waals surface area contributed by atoms with Crippen LogP contribution in [0.15, 0.2) is 28.7 Å². The smallest absolute Gasteiger partial charge is 0.317 e. The number of urea groups is 1. The summed E-state index contributed by atoms with van der Waals surface area (Å²) < 4.78 is 0.993. The van der Waals surface area contributed by atoms with E-state index in [2.05, 4.69) is 21.2 Å². The minimum atomic E-state index is -0.867. The SMILES string of the molecule is O=C(O)CC1CSCCN1C(=O)NCc1ccc(Br)cc1. The Morgan fingerprint density at radius 3 is 2.76 bits per heavy atom. The minimum absolute atomic E-state index is 0.00129. The molecule has 21 heavy (non-hydrogen) atoms. The number of aliphatic carboxylic acids is 1. The quantitative estimate of drug-likeness (QED) is 0.851. The highest BCUT2D eigenvalue weighted by Gasteiger charge is 2.28. The monoisotopic (exact) mass is 372 g/mol. The number of benzene rings is 1. The van der Waals surface area contributed by atoms with Crippen LogP contribution in [-0.4, -0.2) is 46.1 Å². The lowest BCUT2D eigenvalue weighted by Gasteiger charge is -2.34. The Hall–Kier alpha value is -1.21. The van der Waals surface area contributed by atoms with Gasteiger partial charge in [0.2, 0.25) is 0 Å². The molecule has 0 aliphatic carbocycles. The van der Waals surface area contributed by atoms with E-state index >= 15 is 0 Å². The molecule has 2 rings (SSSR count). The van der Waals surface area contributed by atoms with Gasteiger partial charge in [-0.05, 0) is 17.7 Å². The maximum atomic E-state index is 12.2. The highest BCUT2D eigenvalue weighted by molar-refractivity contribution is 9.10. The molecule has 1 aromatic carbocycles. The number of nitrogens with one attached hydrogen (secondary N) is 1. The van der Waals surface area contributed by atoms with Crippen molar-refractivity contribution in [2.45, 2.75) is 19.0 Å². The Labute approximate surface area is 136 Å². The lowest BCUT2D eigenvalue weighted by Crippen LogP contribution is -2.51. The van der Waals surface area contributed by atoms with Gasteiger partial charge in [-0.2, -0.15) is 11.8 Å². The average Bonchev–Trinajstić information content (AvgIpc) is 2.46. The first-order valence-electron chi connectivity index (χ1n) is 6.64. The van der Waals surface area contributed by atoms with Crippen LogP contribution >= 0.6 is 27.7 Å². The summed E-state index contributed by atoms with van der Waals surface area (Å²) >= 11 is 5.06. The van der Waals surface area contributed by atoms with Crippen LogP contribution < -0.4 is 5.32 Å². The zero-order chi connectivity index (χ0) is 15.2. The lowest BCUT2D eigenvalue weighted by atomic mass is 10.2. The van der Waals surface area contributed by atoms with E-state index in [0.29, 0.717) is 18.8 Å². The van der Waals surface area contributed by atoms with Gasteiger partial charge in [-0.15, -0.1) is 0 Å². The fourth-order valence-electron chi connectivity index (χ4n) is 2.17. The second-order valence-corrected chi connectivity index (χ2v) is 6.87. The van der Waals surface area contributed by atoms with Crippen molar-refractivity contribution in [2.24, 2.45) is 0 Å². The van der Waals surface area contributed by atoms with Crippen LogP contribution in [0.2, 0.25) is 0 Å². The Morgan fingerprint density at radius 2 is 2.10 bits per heavy atom. The summed E-state index contributed by atoms with van der Waals surface area (Å²) in [6.07, 6.45) is -0.00129. The number of amides is 2. The summed E-state index contributed by atoms with van der Waals surface area (Å²) in [5, 5.41) is 11.8. The third-order valence-corrected chi connectivity index (χ3v) is 4.88. The molecule has 1 saturated heterocycles. The van der Waals surface area contributed by atoms with Gasteiger partial charge in [0, 0.05) is 29.1 Å². The number of carbonyl (C=O) groups excluding carboxylic acids is 1. The molecule has 114 valence electrons. The van der Waals surface area contributed by atoms with Crippen LogP contribution in [0, 0.1) is 0 Å². The number of halogens is 1. The maximum absolute atomic E-state index is 12.2. The van der Waals surface area contributed by atoms with Crippen LogP contribution in [0.1, 0.15) is 12.0 Å². The number of carbonyl (C=O) groups is 2. The maximum Gasteiger partial charge on any atom is 0.317 e. The second-order valence-electron chi connectivity index (χ2n) is 4.81. The summed E-state index contributed by atoms with van der Waals surface area (Å²) in [6.45, 7) is 1.03. The van der Waals surface area contributed by atoms with Crippen molar-refractivity contribution < 1.29 is 14.7 Å². The Bertz CT molecular complexity index is 509. The first-order chi connectivity index (χ1) is 10.1. The number of hydrogen-bond donors (Lipinski definition) is 2. The predicted octanol–water partition coefficient (Wildman–Crippen LogP) is 2.55. The summed E-state index contributed by atoms with van der Waals surface area (Å²) in [5.41, 5.74) is 1.01. The van der Waals surface area contributed by atoms with Crippen LogP contribution in [0.3, 0.4) is 0 Å². The topological polar surface area (TPSA) is 69.6 Å². The van der Waals surface area contributed by atoms with Crippen molar-refractivity contribution in [1.82, 2.24) is 10.2 Å². The van der Waals surface area contributed by atoms with Crippen molar-refractivity contribution in [3.8, 4) is 0 Å². The fourth-order valence-corrected chi connectivity index (χ4v) is 3.50. The zero-order valence-electron chi connectivity index (χ0n) is 11.4. The van der Waals surface area contributed by atoms with E-state index < -0.39 is 5.97 Å². The molecule has 0 bridgehead atoms. The molecule has 2 amide bonds. The summed E-state index contributed by atoms with van der Waals surface area (Å²) in [5.74, 6) is 0.660. The number of hydrogen-bond acceptors (Lipinski definition) is 3. The summed E-state index contributed by atoms with van der Waals surface area (Å²) in [6, 6.07) is 7.30. The van der Waals surface area contributed by atoms with E-state index in [-0.39, 0.29) is 18.5 Å². The number of thioether (sulfide) groups is 1. The summed E-state index contributed by atoms with van der Waals surface area (Å²) in [4.78, 5) is 24.8. The normalized spacial score (nSPS) is 18.3. The van der Waals surface area contributed by atoms with Gasteiger partial charge >= 0.3 is 12.0 Å². The highest BCUT2D eigenvalue weighted by Crippen LogP contribution is 2.19. The number of nitrogens with zero attached hydrogens (tertiary/aromatic N) is 1. The van der Waals surface area contributed by atoms with Crippen LogP contribution in [0.25, 0.3) is 0 Å². The van der Waals surface area contributed by atoms with E-state index in [9.17, 15) is 9.59 Å². The minimum Gasteiger partial charge on any atom is -0.481 e. The lowest BCUT2D eigenvalue weighted by molar-refractivity contribution is -0.137. The van der Waals surface area contributed by atoms with Gasteiger partial charge in [0.1, 0.15) is 0 Å². The Morgan fingerprint density at radius 1 is 1.38 bits per heavy atom. The number of rotatable bonds is 4. The van der Waals surface area contributed by atoms with Crippen LogP contribution in [-0.2, 0) is 11.3 Å². The molecule has 1 aromatic rings. The van der Waals surface area contributed by atoms with Gasteiger partial charge in [-0.25, -0.2) is 4.79 Å². The molecule has 1 aliphatic rings. The predicted molar refractivity (Wildman–Crippen MR) is 86.4 cm³/mol. The van der Waals surface area contributed by atoms with Gasteiger partial charge < -0.3 is 15.3 Å². The van der Waals surface area contributed by atoms with E-state index in [0.717, 1.165) is 15.8 Å². The number of carboxylic acids is 1. The molecule has 0 aromatic heterocycles. The second kappa shape index (κ2) is 7.70. The molecular formula is C14H17BrN2O3S. The highest BCUT2D eigenvalue weighted by atomic mass is 79.9. The molecule has 2 N–H and O–H groups in total. The van der Waals surface area contributed by atoms with E-state index in [1.54, 1.807) is 16.7 Å². The average molecular weight is 373 g/mol. The van der Waals surface area contributed by atoms with Gasteiger partial charge in [-0.3, -0.25) is 4.79 Å². The van der Waals surface area contributed by atoms with Gasteiger partial charge in [0.05, 0.1) is 12.5 Å². The molecule has 1 aliphatic heterocycles. The molecule has 7 heteroatoms. The molecule has 0 saturated carbocycles. The van der Waals surface area contributed by atoms with Gasteiger partial charge in [-0.1, -0.05) is 28.1 Å². The molecule has 1 atom stereocenters. The van der Waals surface area contributed by atoms with Crippen molar-refractivity contribution in [3.05, 3.63) is 34.3 Å². The zero-order valence-corrected chi connectivity index (χ0v) is 13.8. The molecule has 1 fully saturated rings. The Balaban J connectivity index is 1.91. The third-order valence-electron chi connectivity index (χ3n) is 3.26.